The molecule has 4 rings (SSSR count). The molecule has 1 aromatic carbocycles. The Morgan fingerprint density at radius 2 is 1.70 bits per heavy atom. The number of anilines is 1. The maximum Gasteiger partial charge on any atom is 0.391 e. The van der Waals surface area contributed by atoms with Crippen molar-refractivity contribution in [1.82, 2.24) is 14.6 Å². The van der Waals surface area contributed by atoms with Crippen LogP contribution in [0.25, 0.3) is 16.9 Å². The van der Waals surface area contributed by atoms with Gasteiger partial charge in [-0.2, -0.15) is 22.8 Å². The first-order valence-corrected chi connectivity index (χ1v) is 11.4. The average Bonchev–Trinajstić information content (AvgIpc) is 3.15. The molecule has 1 atom stereocenters. The van der Waals surface area contributed by atoms with Gasteiger partial charge in [-0.05, 0) is 47.5 Å². The van der Waals surface area contributed by atoms with E-state index in [1.807, 2.05) is 75.9 Å². The summed E-state index contributed by atoms with van der Waals surface area (Å²) >= 11 is 0. The van der Waals surface area contributed by atoms with Gasteiger partial charge in [0.2, 0.25) is 0 Å². The number of rotatable bonds is 4. The van der Waals surface area contributed by atoms with Gasteiger partial charge in [0.1, 0.15) is 5.82 Å². The zero-order chi connectivity index (χ0) is 24.0. The highest BCUT2D eigenvalue weighted by atomic mass is 19.4. The minimum Gasteiger partial charge on any atom is -0.368 e. The summed E-state index contributed by atoms with van der Waals surface area (Å²) in [5.41, 5.74) is 3.68. The molecule has 178 valence electrons. The first-order valence-electron chi connectivity index (χ1n) is 11.4. The summed E-state index contributed by atoms with van der Waals surface area (Å²) in [7, 11) is 0. The van der Waals surface area contributed by atoms with Gasteiger partial charge in [-0.3, -0.25) is 0 Å². The number of piperidine rings is 1. The van der Waals surface area contributed by atoms with Crippen LogP contribution in [-0.2, 0) is 4.74 Å². The van der Waals surface area contributed by atoms with Crippen LogP contribution in [0.4, 0.5) is 19.0 Å². The number of ether oxygens (including phenoxy) is 1. The summed E-state index contributed by atoms with van der Waals surface area (Å²) in [5.74, 6) is -0.492. The molecule has 2 aromatic heterocycles. The molecule has 0 saturated carbocycles. The van der Waals surface area contributed by atoms with E-state index in [1.54, 1.807) is 4.52 Å². The van der Waals surface area contributed by atoms with Crippen molar-refractivity contribution in [2.75, 3.05) is 18.0 Å². The number of hydrogen-bond donors (Lipinski definition) is 0. The van der Waals surface area contributed by atoms with Crippen molar-refractivity contribution >= 4 is 11.5 Å². The second-order valence-electron chi connectivity index (χ2n) is 9.78. The average molecular weight is 461 g/mol. The fourth-order valence-corrected chi connectivity index (χ4v) is 4.65. The Labute approximate surface area is 192 Å². The molecule has 0 N–H and O–H groups in total. The summed E-state index contributed by atoms with van der Waals surface area (Å²) in [6.45, 7) is 10.5. The maximum atomic E-state index is 13.3. The fourth-order valence-electron chi connectivity index (χ4n) is 4.65. The van der Waals surface area contributed by atoms with Crippen LogP contribution in [0.15, 0.2) is 36.4 Å². The van der Waals surface area contributed by atoms with E-state index in [0.717, 1.165) is 28.3 Å². The first-order chi connectivity index (χ1) is 15.4. The van der Waals surface area contributed by atoms with E-state index in [9.17, 15) is 13.2 Å². The molecule has 0 radical (unpaired) electrons. The van der Waals surface area contributed by atoms with Gasteiger partial charge in [-0.1, -0.05) is 30.3 Å². The molecule has 1 unspecified atom stereocenters. The lowest BCUT2D eigenvalue weighted by molar-refractivity contribution is -0.179. The van der Waals surface area contributed by atoms with E-state index < -0.39 is 12.1 Å². The van der Waals surface area contributed by atoms with Crippen LogP contribution < -0.4 is 4.90 Å². The zero-order valence-corrected chi connectivity index (χ0v) is 19.8. The molecule has 0 bridgehead atoms. The van der Waals surface area contributed by atoms with Crippen molar-refractivity contribution in [3.63, 3.8) is 0 Å². The summed E-state index contributed by atoms with van der Waals surface area (Å²) in [6.07, 6.45) is -4.34. The Bertz CT molecular complexity index is 1110. The molecule has 1 saturated heterocycles. The number of nitrogens with zero attached hydrogens (tertiary/aromatic N) is 4. The predicted molar refractivity (Wildman–Crippen MR) is 123 cm³/mol. The van der Waals surface area contributed by atoms with E-state index in [2.05, 4.69) is 0 Å². The van der Waals surface area contributed by atoms with Gasteiger partial charge >= 0.3 is 6.18 Å². The molecule has 5 nitrogen and oxygen atoms in total. The molecule has 33 heavy (non-hydrogen) atoms. The van der Waals surface area contributed by atoms with Crippen molar-refractivity contribution in [3.8, 4) is 11.3 Å². The van der Waals surface area contributed by atoms with Crippen molar-refractivity contribution < 1.29 is 17.9 Å². The Kier molecular flexibility index (Phi) is 6.16. The standard InChI is InChI=1S/C25H31F3N4O/c1-16-22(17(2)33-24(3,4)5)23(31-13-11-19(12-14-31)25(26,27)28)32-21(29-16)15-20(30-32)18-9-7-6-8-10-18/h6-10,15,17,19H,11-14H2,1-5H3. The van der Waals surface area contributed by atoms with Crippen LogP contribution in [-0.4, -0.2) is 39.5 Å². The predicted octanol–water partition coefficient (Wildman–Crippen LogP) is 6.36. The number of halogens is 3. The smallest absolute Gasteiger partial charge is 0.368 e. The Balaban J connectivity index is 1.83. The molecule has 0 aliphatic carbocycles. The highest BCUT2D eigenvalue weighted by Crippen LogP contribution is 2.39. The summed E-state index contributed by atoms with van der Waals surface area (Å²) in [5, 5.41) is 4.84. The minimum atomic E-state index is -4.16. The van der Waals surface area contributed by atoms with Crippen LogP contribution in [0.3, 0.4) is 0 Å². The Hall–Kier alpha value is -2.61. The summed E-state index contributed by atoms with van der Waals surface area (Å²) in [6, 6.07) is 11.7. The number of aryl methyl sites for hydroxylation is 1. The molecular formula is C25H31F3N4O. The van der Waals surface area contributed by atoms with Crippen LogP contribution in [0, 0.1) is 12.8 Å². The molecular weight excluding hydrogens is 429 g/mol. The lowest BCUT2D eigenvalue weighted by Crippen LogP contribution is -2.40. The van der Waals surface area contributed by atoms with Gasteiger partial charge in [0, 0.05) is 36.0 Å². The molecule has 3 aromatic rings. The zero-order valence-electron chi connectivity index (χ0n) is 19.8. The van der Waals surface area contributed by atoms with Gasteiger partial charge in [0.25, 0.3) is 0 Å². The normalized spacial score (nSPS) is 17.0. The molecule has 0 spiro atoms. The largest absolute Gasteiger partial charge is 0.391 e. The Morgan fingerprint density at radius 1 is 1.06 bits per heavy atom. The number of alkyl halides is 3. The molecule has 0 amide bonds. The highest BCUT2D eigenvalue weighted by Gasteiger charge is 2.42. The second-order valence-corrected chi connectivity index (χ2v) is 9.78. The lowest BCUT2D eigenvalue weighted by atomic mass is 9.95. The summed E-state index contributed by atoms with van der Waals surface area (Å²) < 4.78 is 48.0. The van der Waals surface area contributed by atoms with Crippen molar-refractivity contribution in [3.05, 3.63) is 47.7 Å². The van der Waals surface area contributed by atoms with Gasteiger partial charge < -0.3 is 9.64 Å². The molecule has 8 heteroatoms. The number of benzene rings is 1. The van der Waals surface area contributed by atoms with E-state index in [0.29, 0.717) is 18.7 Å². The van der Waals surface area contributed by atoms with Crippen molar-refractivity contribution in [2.45, 2.75) is 65.3 Å². The van der Waals surface area contributed by atoms with E-state index in [1.165, 1.54) is 0 Å². The van der Waals surface area contributed by atoms with Gasteiger partial charge in [-0.25, -0.2) is 4.98 Å². The number of hydrogen-bond acceptors (Lipinski definition) is 4. The highest BCUT2D eigenvalue weighted by molar-refractivity contribution is 5.67. The van der Waals surface area contributed by atoms with Gasteiger partial charge in [0.05, 0.1) is 23.3 Å². The first kappa shape index (κ1) is 23.5. The Morgan fingerprint density at radius 3 is 2.27 bits per heavy atom. The van der Waals surface area contributed by atoms with Gasteiger partial charge in [0.15, 0.2) is 5.65 Å². The SMILES string of the molecule is Cc1nc2cc(-c3ccccc3)nn2c(N2CCC(C(F)(F)F)CC2)c1C(C)OC(C)(C)C. The minimum absolute atomic E-state index is 0.0626. The van der Waals surface area contributed by atoms with E-state index in [-0.39, 0.29) is 24.5 Å². The topological polar surface area (TPSA) is 42.7 Å². The fraction of sp³-hybridized carbons (Fsp3) is 0.520. The molecule has 1 fully saturated rings. The number of aromatic nitrogens is 3. The van der Waals surface area contributed by atoms with Crippen LogP contribution >= 0.6 is 0 Å². The molecule has 1 aliphatic heterocycles. The molecule has 1 aliphatic rings. The van der Waals surface area contributed by atoms with Crippen LogP contribution in [0.1, 0.15) is 57.9 Å². The van der Waals surface area contributed by atoms with Crippen LogP contribution in [0.5, 0.6) is 0 Å². The van der Waals surface area contributed by atoms with Crippen LogP contribution in [0.2, 0.25) is 0 Å². The number of fused-ring (bicyclic) bond motifs is 1. The van der Waals surface area contributed by atoms with E-state index in [4.69, 9.17) is 14.8 Å². The third kappa shape index (κ3) is 5.00. The third-order valence-corrected chi connectivity index (χ3v) is 6.07. The summed E-state index contributed by atoms with van der Waals surface area (Å²) in [4.78, 5) is 6.81. The third-order valence-electron chi connectivity index (χ3n) is 6.07. The molecule has 3 heterocycles. The van der Waals surface area contributed by atoms with Crippen molar-refractivity contribution in [2.24, 2.45) is 5.92 Å². The van der Waals surface area contributed by atoms with Crippen molar-refractivity contribution in [1.29, 1.82) is 0 Å². The lowest BCUT2D eigenvalue weighted by Gasteiger charge is -2.37. The monoisotopic (exact) mass is 460 g/mol. The maximum absolute atomic E-state index is 13.3. The van der Waals surface area contributed by atoms with Gasteiger partial charge in [-0.15, -0.1) is 0 Å². The second kappa shape index (κ2) is 8.63. The van der Waals surface area contributed by atoms with E-state index >= 15 is 0 Å². The quantitative estimate of drug-likeness (QED) is 0.454.